The number of hydrogen-bond acceptors (Lipinski definition) is 6. The molecule has 1 aromatic heterocycles. The van der Waals surface area contributed by atoms with Gasteiger partial charge in [-0.2, -0.15) is 10.4 Å². The first kappa shape index (κ1) is 36.0. The summed E-state index contributed by atoms with van der Waals surface area (Å²) in [5, 5.41) is 27.6. The number of rotatable bonds is 14. The van der Waals surface area contributed by atoms with Gasteiger partial charge in [0.2, 0.25) is 5.91 Å². The average molecular weight is 675 g/mol. The summed E-state index contributed by atoms with van der Waals surface area (Å²) in [6, 6.07) is 25.5. The van der Waals surface area contributed by atoms with Crippen LogP contribution in [0.4, 0.5) is 5.69 Å². The molecule has 10 nitrogen and oxygen atoms in total. The van der Waals surface area contributed by atoms with E-state index in [1.54, 1.807) is 33.8 Å². The van der Waals surface area contributed by atoms with Crippen LogP contribution < -0.4 is 5.32 Å². The quantitative estimate of drug-likeness (QED) is 0.159. The van der Waals surface area contributed by atoms with Crippen molar-refractivity contribution in [3.05, 3.63) is 113 Å². The molecule has 50 heavy (non-hydrogen) atoms. The van der Waals surface area contributed by atoms with Crippen LogP contribution in [0, 0.1) is 18.3 Å². The molecule has 1 aliphatic heterocycles. The number of hydrogen-bond donors (Lipinski definition) is 2. The topological polar surface area (TPSA) is 132 Å². The molecule has 2 unspecified atom stereocenters. The molecule has 260 valence electrons. The Morgan fingerprint density at radius 3 is 2.32 bits per heavy atom. The summed E-state index contributed by atoms with van der Waals surface area (Å²) in [7, 11) is 0. The Kier molecular flexibility index (Phi) is 12.2. The Morgan fingerprint density at radius 1 is 0.980 bits per heavy atom. The monoisotopic (exact) mass is 674 g/mol. The van der Waals surface area contributed by atoms with Gasteiger partial charge < -0.3 is 20.2 Å². The van der Waals surface area contributed by atoms with Crippen LogP contribution in [-0.2, 0) is 17.8 Å². The van der Waals surface area contributed by atoms with Gasteiger partial charge in [0.15, 0.2) is 5.69 Å². The second-order valence-corrected chi connectivity index (χ2v) is 12.9. The Morgan fingerprint density at radius 2 is 1.66 bits per heavy atom. The maximum absolute atomic E-state index is 14.6. The zero-order chi connectivity index (χ0) is 35.6. The summed E-state index contributed by atoms with van der Waals surface area (Å²) < 4.78 is 1.61. The lowest BCUT2D eigenvalue weighted by atomic mass is 9.93. The number of anilines is 1. The van der Waals surface area contributed by atoms with E-state index in [2.05, 4.69) is 25.2 Å². The number of carbonyl (C=O) groups is 3. The van der Waals surface area contributed by atoms with Gasteiger partial charge in [0.25, 0.3) is 11.8 Å². The van der Waals surface area contributed by atoms with E-state index in [1.165, 1.54) is 0 Å². The van der Waals surface area contributed by atoms with E-state index >= 15 is 0 Å². The number of unbranched alkanes of at least 4 members (excludes halogenated alkanes) is 2. The lowest BCUT2D eigenvalue weighted by Crippen LogP contribution is -2.46. The number of amides is 3. The number of benzene rings is 3. The fraction of sp³-hybridized carbons (Fsp3) is 0.375. The predicted molar refractivity (Wildman–Crippen MR) is 193 cm³/mol. The van der Waals surface area contributed by atoms with Gasteiger partial charge >= 0.3 is 0 Å². The number of aryl methyl sites for hydroxylation is 1. The van der Waals surface area contributed by atoms with E-state index in [4.69, 9.17) is 5.10 Å². The first-order valence-electron chi connectivity index (χ1n) is 17.5. The third-order valence-electron chi connectivity index (χ3n) is 9.32. The van der Waals surface area contributed by atoms with Crippen LogP contribution in [-0.4, -0.2) is 68.1 Å². The van der Waals surface area contributed by atoms with E-state index in [0.717, 1.165) is 36.8 Å². The molecule has 0 saturated heterocycles. The summed E-state index contributed by atoms with van der Waals surface area (Å²) in [4.78, 5) is 45.4. The van der Waals surface area contributed by atoms with Crippen LogP contribution >= 0.6 is 0 Å². The molecule has 3 amide bonds. The Hall–Kier alpha value is -5.27. The number of aromatic nitrogens is 2. The SMILES string of the molecule is CCCCN(CCCC)C(=O)c1cc(C)n(-c2ccc(NC(=O)C(CC#N)c3ccccc3)cc2C(=O)N2Cc3ccccc3CC2CO)n1. The zero-order valence-corrected chi connectivity index (χ0v) is 29.1. The summed E-state index contributed by atoms with van der Waals surface area (Å²) in [5.41, 5.74) is 4.86. The van der Waals surface area contributed by atoms with Gasteiger partial charge in [0.05, 0.1) is 42.3 Å². The molecule has 0 radical (unpaired) electrons. The van der Waals surface area contributed by atoms with Crippen LogP contribution in [0.5, 0.6) is 0 Å². The van der Waals surface area contributed by atoms with Crippen molar-refractivity contribution in [2.24, 2.45) is 0 Å². The molecule has 2 N–H and O–H groups in total. The second-order valence-electron chi connectivity index (χ2n) is 12.9. The van der Waals surface area contributed by atoms with Crippen LogP contribution in [0.25, 0.3) is 5.69 Å². The molecule has 0 bridgehead atoms. The highest BCUT2D eigenvalue weighted by Gasteiger charge is 2.32. The van der Waals surface area contributed by atoms with Gasteiger partial charge in [0, 0.05) is 31.0 Å². The number of aliphatic hydroxyl groups excluding tert-OH is 1. The Labute approximate surface area is 294 Å². The van der Waals surface area contributed by atoms with Crippen LogP contribution in [0.3, 0.4) is 0 Å². The highest BCUT2D eigenvalue weighted by molar-refractivity contribution is 6.02. The smallest absolute Gasteiger partial charge is 0.274 e. The number of nitrogens with zero attached hydrogens (tertiary/aromatic N) is 5. The maximum Gasteiger partial charge on any atom is 0.274 e. The van der Waals surface area contributed by atoms with Gasteiger partial charge in [0.1, 0.15) is 0 Å². The molecular weight excluding hydrogens is 628 g/mol. The number of nitriles is 1. The minimum atomic E-state index is -0.706. The Bertz CT molecular complexity index is 1840. The van der Waals surface area contributed by atoms with Gasteiger partial charge in [-0.05, 0) is 67.1 Å². The van der Waals surface area contributed by atoms with Crippen LogP contribution in [0.15, 0.2) is 78.9 Å². The highest BCUT2D eigenvalue weighted by atomic mass is 16.3. The number of carbonyl (C=O) groups excluding carboxylic acids is 3. The molecule has 2 atom stereocenters. The lowest BCUT2D eigenvalue weighted by Gasteiger charge is -2.36. The molecule has 10 heteroatoms. The van der Waals surface area contributed by atoms with Crippen molar-refractivity contribution in [1.29, 1.82) is 5.26 Å². The number of fused-ring (bicyclic) bond motifs is 1. The first-order chi connectivity index (χ1) is 24.3. The fourth-order valence-corrected chi connectivity index (χ4v) is 6.48. The largest absolute Gasteiger partial charge is 0.394 e. The second kappa shape index (κ2) is 16.9. The van der Waals surface area contributed by atoms with Crippen molar-refractivity contribution in [1.82, 2.24) is 19.6 Å². The summed E-state index contributed by atoms with van der Waals surface area (Å²) in [5.74, 6) is -1.56. The van der Waals surface area contributed by atoms with Gasteiger partial charge in [-0.25, -0.2) is 4.68 Å². The van der Waals surface area contributed by atoms with Gasteiger partial charge in [-0.15, -0.1) is 0 Å². The molecule has 0 fully saturated rings. The van der Waals surface area contributed by atoms with Crippen molar-refractivity contribution in [2.45, 2.75) is 77.8 Å². The molecular formula is C40H46N6O4. The third kappa shape index (κ3) is 8.12. The molecule has 5 rings (SSSR count). The molecule has 1 aliphatic rings. The number of nitrogens with one attached hydrogen (secondary N) is 1. The van der Waals surface area contributed by atoms with Crippen molar-refractivity contribution < 1.29 is 19.5 Å². The molecule has 0 spiro atoms. The molecule has 0 saturated carbocycles. The van der Waals surface area contributed by atoms with E-state index in [-0.39, 0.29) is 36.3 Å². The standard InChI is InChI=1S/C40H46N6O4/c1-4-6-21-44(22-7-5-2)40(50)36-23-28(3)46(43-36)37-18-17-32(42-38(48)34(19-20-41)29-13-9-8-10-14-29)25-35(37)39(49)45-26-31-16-12-11-15-30(31)24-33(45)27-47/h8-18,23,25,33-34,47H,4-7,19,21-22,24,26-27H2,1-3H3,(H,42,48). The van der Waals surface area contributed by atoms with Gasteiger partial charge in [-0.3, -0.25) is 14.4 Å². The normalized spacial score (nSPS) is 14.4. The van der Waals surface area contributed by atoms with Crippen molar-refractivity contribution in [3.63, 3.8) is 0 Å². The lowest BCUT2D eigenvalue weighted by molar-refractivity contribution is -0.117. The van der Waals surface area contributed by atoms with Crippen molar-refractivity contribution in [2.75, 3.05) is 25.0 Å². The van der Waals surface area contributed by atoms with Crippen molar-refractivity contribution in [3.8, 4) is 11.8 Å². The Balaban J connectivity index is 1.54. The van der Waals surface area contributed by atoms with Gasteiger partial charge in [-0.1, -0.05) is 81.3 Å². The van der Waals surface area contributed by atoms with Crippen LogP contribution in [0.2, 0.25) is 0 Å². The highest BCUT2D eigenvalue weighted by Crippen LogP contribution is 2.30. The number of aliphatic hydroxyl groups is 1. The van der Waals surface area contributed by atoms with E-state index in [0.29, 0.717) is 54.4 Å². The maximum atomic E-state index is 14.6. The zero-order valence-electron chi connectivity index (χ0n) is 29.1. The molecule has 4 aromatic rings. The first-order valence-corrected chi connectivity index (χ1v) is 17.5. The summed E-state index contributed by atoms with van der Waals surface area (Å²) >= 11 is 0. The fourth-order valence-electron chi connectivity index (χ4n) is 6.48. The minimum absolute atomic E-state index is 0.0120. The van der Waals surface area contributed by atoms with E-state index in [1.807, 2.05) is 66.4 Å². The minimum Gasteiger partial charge on any atom is -0.394 e. The van der Waals surface area contributed by atoms with E-state index in [9.17, 15) is 24.8 Å². The summed E-state index contributed by atoms with van der Waals surface area (Å²) in [6.45, 7) is 7.42. The summed E-state index contributed by atoms with van der Waals surface area (Å²) in [6.07, 6.45) is 4.22. The molecule has 3 aromatic carbocycles. The van der Waals surface area contributed by atoms with Crippen LogP contribution in [0.1, 0.15) is 95.1 Å². The molecule has 2 heterocycles. The third-order valence-corrected chi connectivity index (χ3v) is 9.32. The van der Waals surface area contributed by atoms with Crippen molar-refractivity contribution >= 4 is 23.4 Å². The predicted octanol–water partition coefficient (Wildman–Crippen LogP) is 6.42. The van der Waals surface area contributed by atoms with E-state index < -0.39 is 12.0 Å². The average Bonchev–Trinajstić information content (AvgIpc) is 3.54. The molecule has 0 aliphatic carbocycles.